The molecule has 1 aromatic carbocycles. The van der Waals surface area contributed by atoms with E-state index in [1.807, 2.05) is 44.9 Å². The molecular formula is C17H28N2O2. The van der Waals surface area contributed by atoms with Gasteiger partial charge in [-0.15, -0.1) is 0 Å². The second kappa shape index (κ2) is 7.46. The normalized spacial score (nSPS) is 11.5. The number of phenols is 1. The van der Waals surface area contributed by atoms with Crippen LogP contribution in [0.25, 0.3) is 0 Å². The molecule has 1 amide bonds. The van der Waals surface area contributed by atoms with Crippen molar-refractivity contribution in [2.45, 2.75) is 53.1 Å². The minimum Gasteiger partial charge on any atom is -0.508 e. The summed E-state index contributed by atoms with van der Waals surface area (Å²) in [7, 11) is 1.88. The Morgan fingerprint density at radius 1 is 1.29 bits per heavy atom. The summed E-state index contributed by atoms with van der Waals surface area (Å²) < 4.78 is 0. The van der Waals surface area contributed by atoms with Crippen LogP contribution in [0.5, 0.6) is 5.75 Å². The predicted octanol–water partition coefficient (Wildman–Crippen LogP) is 2.78. The third-order valence-corrected chi connectivity index (χ3v) is 3.39. The number of carbonyl (C=O) groups is 1. The lowest BCUT2D eigenvalue weighted by molar-refractivity contribution is -0.122. The third kappa shape index (κ3) is 5.38. The Hall–Kier alpha value is -1.55. The van der Waals surface area contributed by atoms with Crippen molar-refractivity contribution in [3.05, 3.63) is 28.8 Å². The second-order valence-corrected chi connectivity index (χ2v) is 6.39. The SMILES string of the molecule is Cc1cc(O)c(CN(C)CC(=O)NC(C)C)cc1C(C)C. The number of nitrogens with zero attached hydrogens (tertiary/aromatic N) is 1. The Bertz CT molecular complexity index is 496. The van der Waals surface area contributed by atoms with E-state index in [4.69, 9.17) is 0 Å². The van der Waals surface area contributed by atoms with Gasteiger partial charge in [0.1, 0.15) is 5.75 Å². The van der Waals surface area contributed by atoms with E-state index in [0.29, 0.717) is 24.8 Å². The van der Waals surface area contributed by atoms with Crippen LogP contribution in [0.3, 0.4) is 0 Å². The number of phenolic OH excluding ortho intramolecular Hbond substituents is 1. The largest absolute Gasteiger partial charge is 0.508 e. The van der Waals surface area contributed by atoms with E-state index >= 15 is 0 Å². The van der Waals surface area contributed by atoms with Crippen molar-refractivity contribution in [2.24, 2.45) is 0 Å². The van der Waals surface area contributed by atoms with Gasteiger partial charge in [0.15, 0.2) is 0 Å². The summed E-state index contributed by atoms with van der Waals surface area (Å²) in [5.74, 6) is 0.718. The van der Waals surface area contributed by atoms with Crippen molar-refractivity contribution >= 4 is 5.91 Å². The minimum absolute atomic E-state index is 0.00295. The number of likely N-dealkylation sites (N-methyl/N-ethyl adjacent to an activating group) is 1. The summed E-state index contributed by atoms with van der Waals surface area (Å²) in [5, 5.41) is 13.0. The number of amides is 1. The molecule has 0 aliphatic carbocycles. The number of hydrogen-bond acceptors (Lipinski definition) is 3. The monoisotopic (exact) mass is 292 g/mol. The summed E-state index contributed by atoms with van der Waals surface area (Å²) in [4.78, 5) is 13.7. The summed E-state index contributed by atoms with van der Waals surface area (Å²) in [5.41, 5.74) is 3.21. The molecule has 0 fully saturated rings. The van der Waals surface area contributed by atoms with Gasteiger partial charge in [0.05, 0.1) is 6.54 Å². The first kappa shape index (κ1) is 17.5. The maximum atomic E-state index is 11.8. The van der Waals surface area contributed by atoms with Crippen LogP contribution in [0, 0.1) is 6.92 Å². The highest BCUT2D eigenvalue weighted by Crippen LogP contribution is 2.27. The molecule has 0 aliphatic rings. The van der Waals surface area contributed by atoms with Gasteiger partial charge in [-0.2, -0.15) is 0 Å². The van der Waals surface area contributed by atoms with Crippen LogP contribution in [0.1, 0.15) is 50.3 Å². The molecule has 0 spiro atoms. The molecule has 0 heterocycles. The molecule has 4 nitrogen and oxygen atoms in total. The Morgan fingerprint density at radius 3 is 2.43 bits per heavy atom. The molecule has 0 unspecified atom stereocenters. The van der Waals surface area contributed by atoms with Gasteiger partial charge in [-0.25, -0.2) is 0 Å². The standard InChI is InChI=1S/C17H28N2O2/c1-11(2)15-8-14(16(20)7-13(15)5)9-19(6)10-17(21)18-12(3)4/h7-8,11-12,20H,9-10H2,1-6H3,(H,18,21). The molecule has 0 radical (unpaired) electrons. The van der Waals surface area contributed by atoms with Crippen LogP contribution < -0.4 is 5.32 Å². The van der Waals surface area contributed by atoms with Crippen molar-refractivity contribution in [3.63, 3.8) is 0 Å². The molecule has 0 bridgehead atoms. The molecule has 0 atom stereocenters. The fraction of sp³-hybridized carbons (Fsp3) is 0.588. The maximum Gasteiger partial charge on any atom is 0.234 e. The zero-order chi connectivity index (χ0) is 16.2. The molecule has 0 saturated heterocycles. The van der Waals surface area contributed by atoms with Crippen molar-refractivity contribution in [1.29, 1.82) is 0 Å². The van der Waals surface area contributed by atoms with Crippen molar-refractivity contribution in [1.82, 2.24) is 10.2 Å². The molecule has 1 aromatic rings. The maximum absolute atomic E-state index is 11.8. The summed E-state index contributed by atoms with van der Waals surface area (Å²) in [6, 6.07) is 4.00. The number of aryl methyl sites for hydroxylation is 1. The van der Waals surface area contributed by atoms with Gasteiger partial charge in [0.25, 0.3) is 0 Å². The topological polar surface area (TPSA) is 52.6 Å². The molecular weight excluding hydrogens is 264 g/mol. The number of nitrogens with one attached hydrogen (secondary N) is 1. The van der Waals surface area contributed by atoms with E-state index in [2.05, 4.69) is 19.2 Å². The van der Waals surface area contributed by atoms with E-state index < -0.39 is 0 Å². The van der Waals surface area contributed by atoms with E-state index in [1.165, 1.54) is 5.56 Å². The van der Waals surface area contributed by atoms with Crippen LogP contribution in [0.15, 0.2) is 12.1 Å². The third-order valence-electron chi connectivity index (χ3n) is 3.39. The van der Waals surface area contributed by atoms with Gasteiger partial charge in [-0.1, -0.05) is 19.9 Å². The summed E-state index contributed by atoms with van der Waals surface area (Å²) in [6.45, 7) is 11.1. The van der Waals surface area contributed by atoms with E-state index in [0.717, 1.165) is 11.1 Å². The van der Waals surface area contributed by atoms with Crippen LogP contribution in [0.2, 0.25) is 0 Å². The van der Waals surface area contributed by atoms with Crippen molar-refractivity contribution in [2.75, 3.05) is 13.6 Å². The molecule has 1 rings (SSSR count). The first-order chi connectivity index (χ1) is 9.70. The zero-order valence-corrected chi connectivity index (χ0v) is 14.0. The second-order valence-electron chi connectivity index (χ2n) is 6.39. The highest BCUT2D eigenvalue weighted by atomic mass is 16.3. The molecule has 118 valence electrons. The number of aromatic hydroxyl groups is 1. The minimum atomic E-state index is 0.00295. The molecule has 4 heteroatoms. The van der Waals surface area contributed by atoms with Gasteiger partial charge in [-0.3, -0.25) is 9.69 Å². The van der Waals surface area contributed by atoms with Crippen LogP contribution in [0.4, 0.5) is 0 Å². The fourth-order valence-corrected chi connectivity index (χ4v) is 2.46. The molecule has 0 aromatic heterocycles. The Morgan fingerprint density at radius 2 is 1.90 bits per heavy atom. The quantitative estimate of drug-likeness (QED) is 0.847. The first-order valence-corrected chi connectivity index (χ1v) is 7.51. The van der Waals surface area contributed by atoms with E-state index in [1.54, 1.807) is 0 Å². The van der Waals surface area contributed by atoms with E-state index in [9.17, 15) is 9.90 Å². The Balaban J connectivity index is 2.78. The van der Waals surface area contributed by atoms with Crippen LogP contribution >= 0.6 is 0 Å². The van der Waals surface area contributed by atoms with Gasteiger partial charge in [0, 0.05) is 18.2 Å². The lowest BCUT2D eigenvalue weighted by Gasteiger charge is -2.20. The molecule has 0 saturated carbocycles. The first-order valence-electron chi connectivity index (χ1n) is 7.51. The van der Waals surface area contributed by atoms with Crippen molar-refractivity contribution in [3.8, 4) is 5.75 Å². The van der Waals surface area contributed by atoms with Crippen LogP contribution in [-0.2, 0) is 11.3 Å². The predicted molar refractivity (Wildman–Crippen MR) is 86.5 cm³/mol. The molecule has 0 aliphatic heterocycles. The van der Waals surface area contributed by atoms with Gasteiger partial charge >= 0.3 is 0 Å². The highest BCUT2D eigenvalue weighted by Gasteiger charge is 2.13. The number of benzene rings is 1. The Kier molecular flexibility index (Phi) is 6.21. The molecule has 2 N–H and O–H groups in total. The smallest absolute Gasteiger partial charge is 0.234 e. The van der Waals surface area contributed by atoms with Gasteiger partial charge in [0.2, 0.25) is 5.91 Å². The average molecular weight is 292 g/mol. The lowest BCUT2D eigenvalue weighted by Crippen LogP contribution is -2.38. The lowest BCUT2D eigenvalue weighted by atomic mass is 9.95. The van der Waals surface area contributed by atoms with E-state index in [-0.39, 0.29) is 11.9 Å². The van der Waals surface area contributed by atoms with Gasteiger partial charge in [-0.05, 0) is 50.9 Å². The highest BCUT2D eigenvalue weighted by molar-refractivity contribution is 5.78. The summed E-state index contributed by atoms with van der Waals surface area (Å²) >= 11 is 0. The zero-order valence-electron chi connectivity index (χ0n) is 14.0. The fourth-order valence-electron chi connectivity index (χ4n) is 2.46. The number of carbonyl (C=O) groups excluding carboxylic acids is 1. The summed E-state index contributed by atoms with van der Waals surface area (Å²) in [6.07, 6.45) is 0. The van der Waals surface area contributed by atoms with Gasteiger partial charge < -0.3 is 10.4 Å². The molecule has 21 heavy (non-hydrogen) atoms. The Labute approximate surface area is 128 Å². The number of rotatable bonds is 6. The van der Waals surface area contributed by atoms with Crippen LogP contribution in [-0.4, -0.2) is 35.5 Å². The van der Waals surface area contributed by atoms with Crippen molar-refractivity contribution < 1.29 is 9.90 Å². The number of hydrogen-bond donors (Lipinski definition) is 2. The average Bonchev–Trinajstić information content (AvgIpc) is 2.30.